The van der Waals surface area contributed by atoms with Crippen LogP contribution in [0.15, 0.2) is 0 Å². The Kier molecular flexibility index (Phi) is 12.1. The molecule has 66 valence electrons. The Morgan fingerprint density at radius 2 is 1.08 bits per heavy atom. The van der Waals surface area contributed by atoms with Gasteiger partial charge in [0.25, 0.3) is 0 Å². The molecule has 0 aromatic rings. The first-order valence-corrected chi connectivity index (χ1v) is 2.28. The van der Waals surface area contributed by atoms with E-state index in [-0.39, 0.29) is 44.8 Å². The summed E-state index contributed by atoms with van der Waals surface area (Å²) in [6.45, 7) is 0. The van der Waals surface area contributed by atoms with Crippen LogP contribution < -0.4 is 0 Å². The molecule has 0 aromatic heterocycles. The van der Waals surface area contributed by atoms with Gasteiger partial charge in [0.05, 0.1) is 0 Å². The van der Waals surface area contributed by atoms with E-state index in [0.29, 0.717) is 0 Å². The van der Waals surface area contributed by atoms with Crippen LogP contribution in [-0.2, 0) is 31.3 Å². The number of aliphatic hydroxyl groups is 2. The van der Waals surface area contributed by atoms with E-state index in [9.17, 15) is 9.59 Å². The Labute approximate surface area is 98.6 Å². The first-order chi connectivity index (χ1) is 4.46. The van der Waals surface area contributed by atoms with Gasteiger partial charge < -0.3 is 20.4 Å². The normalized spacial score (nSPS) is 13.2. The molecule has 0 aliphatic heterocycles. The van der Waals surface area contributed by atoms with Crippen LogP contribution in [0.25, 0.3) is 0 Å². The van der Waals surface area contributed by atoms with Gasteiger partial charge in [0.1, 0.15) is 0 Å². The van der Waals surface area contributed by atoms with Crippen LogP contribution in [0.5, 0.6) is 0 Å². The van der Waals surface area contributed by atoms with E-state index in [1.807, 2.05) is 0 Å². The van der Waals surface area contributed by atoms with Crippen LogP contribution in [0.4, 0.5) is 0 Å². The molecule has 2 atom stereocenters. The smallest absolute Gasteiger partial charge is 0.335 e. The molecule has 0 radical (unpaired) electrons. The number of hydrogen-bond acceptors (Lipinski definition) is 4. The molecule has 8 heteroatoms. The standard InChI is InChI=1S/C4H6O6.Mg.Ti.2H/c5-1(3(7)8)2(6)4(9)10;;;;/h1-2,5-6H,(H,7,8)(H,9,10);;;;. The molecule has 0 aliphatic carbocycles. The van der Waals surface area contributed by atoms with Crippen molar-refractivity contribution in [1.82, 2.24) is 0 Å². The zero-order chi connectivity index (χ0) is 8.31. The molecule has 2 unspecified atom stereocenters. The minimum absolute atomic E-state index is 0. The van der Waals surface area contributed by atoms with E-state index in [0.717, 1.165) is 0 Å². The third-order valence-corrected chi connectivity index (χ3v) is 0.805. The van der Waals surface area contributed by atoms with Gasteiger partial charge in [-0.25, -0.2) is 9.59 Å². The summed E-state index contributed by atoms with van der Waals surface area (Å²) in [6.07, 6.45) is -4.53. The van der Waals surface area contributed by atoms with Crippen LogP contribution in [0, 0.1) is 0 Å². The molecule has 0 amide bonds. The number of aliphatic carboxylic acids is 2. The molecule has 0 aromatic carbocycles. The molecule has 0 saturated heterocycles. The monoisotopic (exact) mass is 224 g/mol. The summed E-state index contributed by atoms with van der Waals surface area (Å²) in [5.74, 6) is -3.54. The minimum Gasteiger partial charge on any atom is -0.479 e. The quantitative estimate of drug-likeness (QED) is 0.379. The van der Waals surface area contributed by atoms with Crippen molar-refractivity contribution in [2.75, 3.05) is 0 Å². The summed E-state index contributed by atoms with van der Waals surface area (Å²) in [6, 6.07) is 0. The Balaban J connectivity index is -0.000000405. The summed E-state index contributed by atoms with van der Waals surface area (Å²) in [5.41, 5.74) is 0. The van der Waals surface area contributed by atoms with Crippen LogP contribution in [-0.4, -0.2) is 67.6 Å². The predicted molar refractivity (Wildman–Crippen MR) is 35.8 cm³/mol. The number of rotatable bonds is 3. The van der Waals surface area contributed by atoms with Crippen molar-refractivity contribution < 1.29 is 51.7 Å². The molecule has 0 saturated carbocycles. The van der Waals surface area contributed by atoms with Crippen molar-refractivity contribution in [2.24, 2.45) is 0 Å². The molecule has 0 spiro atoms. The molecule has 0 heterocycles. The molecule has 0 rings (SSSR count). The van der Waals surface area contributed by atoms with Gasteiger partial charge in [-0.2, -0.15) is 0 Å². The van der Waals surface area contributed by atoms with Crippen molar-refractivity contribution in [3.05, 3.63) is 0 Å². The van der Waals surface area contributed by atoms with Gasteiger partial charge in [-0.15, -0.1) is 0 Å². The van der Waals surface area contributed by atoms with Gasteiger partial charge >= 0.3 is 35.0 Å². The van der Waals surface area contributed by atoms with Gasteiger partial charge in [0, 0.05) is 21.7 Å². The third-order valence-electron chi connectivity index (χ3n) is 0.805. The van der Waals surface area contributed by atoms with Crippen LogP contribution >= 0.6 is 0 Å². The van der Waals surface area contributed by atoms with Crippen LogP contribution in [0.1, 0.15) is 0 Å². The van der Waals surface area contributed by atoms with Gasteiger partial charge in [-0.3, -0.25) is 0 Å². The first kappa shape index (κ1) is 18.2. The predicted octanol–water partition coefficient (Wildman–Crippen LogP) is -3.04. The Morgan fingerprint density at radius 1 is 0.917 bits per heavy atom. The Hall–Kier alpha value is 0.341. The largest absolute Gasteiger partial charge is 0.479 e. The molecule has 4 N–H and O–H groups in total. The summed E-state index contributed by atoms with van der Waals surface area (Å²) >= 11 is 0. The fraction of sp³-hybridized carbons (Fsp3) is 0.500. The number of carboxylic acid groups (broad SMARTS) is 2. The van der Waals surface area contributed by atoms with E-state index >= 15 is 0 Å². The maximum atomic E-state index is 9.77. The second-order valence-electron chi connectivity index (χ2n) is 1.57. The van der Waals surface area contributed by atoms with Crippen LogP contribution in [0.2, 0.25) is 0 Å². The van der Waals surface area contributed by atoms with Gasteiger partial charge in [-0.05, 0) is 0 Å². The van der Waals surface area contributed by atoms with Crippen molar-refractivity contribution in [1.29, 1.82) is 0 Å². The molecular formula is C4H8MgO6Ti. The third kappa shape index (κ3) is 5.92. The fourth-order valence-corrected chi connectivity index (χ4v) is 0.270. The van der Waals surface area contributed by atoms with E-state index in [1.165, 1.54) is 0 Å². The number of hydrogen-bond donors (Lipinski definition) is 4. The zero-order valence-electron chi connectivity index (χ0n) is 5.26. The average molecular weight is 224 g/mol. The number of aliphatic hydroxyl groups excluding tert-OH is 2. The minimum atomic E-state index is -2.27. The maximum absolute atomic E-state index is 9.77. The fourth-order valence-electron chi connectivity index (χ4n) is 0.270. The van der Waals surface area contributed by atoms with E-state index < -0.39 is 24.1 Å². The molecular weight excluding hydrogens is 216 g/mol. The van der Waals surface area contributed by atoms with Crippen molar-refractivity contribution in [2.45, 2.75) is 12.2 Å². The van der Waals surface area contributed by atoms with E-state index in [1.54, 1.807) is 0 Å². The average Bonchev–Trinajstić information content (AvgIpc) is 1.84. The summed E-state index contributed by atoms with van der Waals surface area (Å²) in [7, 11) is 0. The van der Waals surface area contributed by atoms with Crippen molar-refractivity contribution in [3.63, 3.8) is 0 Å². The van der Waals surface area contributed by atoms with Gasteiger partial charge in [-0.1, -0.05) is 0 Å². The SMILES string of the molecule is O=C(O)C(O)C(O)C(=O)O.[MgH2].[Ti]. The van der Waals surface area contributed by atoms with E-state index in [4.69, 9.17) is 20.4 Å². The van der Waals surface area contributed by atoms with Crippen LogP contribution in [0.3, 0.4) is 0 Å². The summed E-state index contributed by atoms with van der Waals surface area (Å²) in [4.78, 5) is 19.5. The molecule has 0 aliphatic rings. The van der Waals surface area contributed by atoms with Gasteiger partial charge in [0.15, 0.2) is 12.2 Å². The summed E-state index contributed by atoms with van der Waals surface area (Å²) in [5, 5.41) is 32.5. The summed E-state index contributed by atoms with van der Waals surface area (Å²) < 4.78 is 0. The zero-order valence-corrected chi connectivity index (χ0v) is 6.82. The molecule has 12 heavy (non-hydrogen) atoms. The second-order valence-corrected chi connectivity index (χ2v) is 1.57. The molecule has 6 nitrogen and oxygen atoms in total. The van der Waals surface area contributed by atoms with E-state index in [2.05, 4.69) is 0 Å². The topological polar surface area (TPSA) is 115 Å². The number of carbonyl (C=O) groups is 2. The maximum Gasteiger partial charge on any atom is 0.335 e. The molecule has 0 bridgehead atoms. The number of carboxylic acids is 2. The second kappa shape index (κ2) is 7.96. The van der Waals surface area contributed by atoms with Crippen molar-refractivity contribution >= 4 is 35.0 Å². The first-order valence-electron chi connectivity index (χ1n) is 2.28. The Bertz CT molecular complexity index is 144. The Morgan fingerprint density at radius 3 is 1.17 bits per heavy atom. The van der Waals surface area contributed by atoms with Crippen molar-refractivity contribution in [3.8, 4) is 0 Å². The molecule has 0 fully saturated rings. The van der Waals surface area contributed by atoms with Gasteiger partial charge in [0.2, 0.25) is 0 Å².